The lowest BCUT2D eigenvalue weighted by Crippen LogP contribution is -2.41. The van der Waals surface area contributed by atoms with E-state index in [1.807, 2.05) is 19.2 Å². The van der Waals surface area contributed by atoms with Crippen LogP contribution >= 0.6 is 15.9 Å². The molecule has 0 aliphatic heterocycles. The van der Waals surface area contributed by atoms with Crippen molar-refractivity contribution in [3.63, 3.8) is 0 Å². The van der Waals surface area contributed by atoms with Crippen molar-refractivity contribution in [2.75, 3.05) is 14.2 Å². The molecule has 1 amide bonds. The summed E-state index contributed by atoms with van der Waals surface area (Å²) in [6.07, 6.45) is 4.28. The van der Waals surface area contributed by atoms with E-state index in [2.05, 4.69) is 26.6 Å². The number of benzene rings is 1. The van der Waals surface area contributed by atoms with E-state index in [4.69, 9.17) is 4.74 Å². The van der Waals surface area contributed by atoms with E-state index in [9.17, 15) is 4.79 Å². The van der Waals surface area contributed by atoms with Crippen LogP contribution in [-0.4, -0.2) is 32.1 Å². The molecule has 1 aromatic carbocycles. The van der Waals surface area contributed by atoms with E-state index < -0.39 is 0 Å². The summed E-state index contributed by atoms with van der Waals surface area (Å²) in [5.41, 5.74) is 0.625. The summed E-state index contributed by atoms with van der Waals surface area (Å²) in [4.78, 5) is 12.3. The number of nitrogens with one attached hydrogen (secondary N) is 2. The summed E-state index contributed by atoms with van der Waals surface area (Å²) in [6, 6.07) is 6.29. The number of carbonyl (C=O) groups is 1. The van der Waals surface area contributed by atoms with Crippen LogP contribution in [0.1, 0.15) is 36.0 Å². The quantitative estimate of drug-likeness (QED) is 0.885. The zero-order valence-electron chi connectivity index (χ0n) is 11.9. The second kappa shape index (κ2) is 7.09. The first-order valence-corrected chi connectivity index (χ1v) is 7.75. The molecular weight excluding hydrogens is 320 g/mol. The number of carbonyl (C=O) groups excluding carboxylic acids is 1. The fourth-order valence-electron chi connectivity index (χ4n) is 2.59. The fourth-order valence-corrected chi connectivity index (χ4v) is 3.02. The van der Waals surface area contributed by atoms with Gasteiger partial charge in [0.05, 0.1) is 12.7 Å². The fraction of sp³-hybridized carbons (Fsp3) is 0.533. The zero-order valence-corrected chi connectivity index (χ0v) is 13.5. The summed E-state index contributed by atoms with van der Waals surface area (Å²) in [6.45, 7) is 0. The van der Waals surface area contributed by atoms with Crippen LogP contribution in [0.5, 0.6) is 5.75 Å². The molecule has 110 valence electrons. The lowest BCUT2D eigenvalue weighted by Gasteiger charge is -2.28. The van der Waals surface area contributed by atoms with Crippen molar-refractivity contribution in [1.29, 1.82) is 0 Å². The van der Waals surface area contributed by atoms with Crippen LogP contribution in [-0.2, 0) is 0 Å². The van der Waals surface area contributed by atoms with Crippen LogP contribution in [0.3, 0.4) is 0 Å². The number of halogens is 1. The van der Waals surface area contributed by atoms with Gasteiger partial charge in [-0.05, 0) is 66.9 Å². The largest absolute Gasteiger partial charge is 0.497 e. The first-order chi connectivity index (χ1) is 9.63. The molecule has 0 saturated heterocycles. The zero-order chi connectivity index (χ0) is 14.5. The number of ether oxygens (including phenoxy) is 1. The number of rotatable bonds is 4. The maximum atomic E-state index is 12.3. The van der Waals surface area contributed by atoms with Crippen LogP contribution in [0, 0.1) is 0 Å². The Balaban J connectivity index is 1.98. The van der Waals surface area contributed by atoms with Gasteiger partial charge in [-0.3, -0.25) is 4.79 Å². The maximum absolute atomic E-state index is 12.3. The summed E-state index contributed by atoms with van der Waals surface area (Å²) >= 11 is 3.42. The highest BCUT2D eigenvalue weighted by Gasteiger charge is 2.22. The summed E-state index contributed by atoms with van der Waals surface area (Å²) in [5.74, 6) is 0.654. The van der Waals surface area contributed by atoms with Crippen molar-refractivity contribution in [3.05, 3.63) is 28.2 Å². The Labute approximate surface area is 128 Å². The van der Waals surface area contributed by atoms with Crippen LogP contribution in [0.4, 0.5) is 0 Å². The van der Waals surface area contributed by atoms with E-state index in [0.717, 1.165) is 30.2 Å². The van der Waals surface area contributed by atoms with Gasteiger partial charge >= 0.3 is 0 Å². The molecule has 1 saturated carbocycles. The van der Waals surface area contributed by atoms with Gasteiger partial charge in [-0.15, -0.1) is 0 Å². The summed E-state index contributed by atoms with van der Waals surface area (Å²) in [5, 5.41) is 6.42. The van der Waals surface area contributed by atoms with E-state index in [-0.39, 0.29) is 11.9 Å². The van der Waals surface area contributed by atoms with E-state index in [0.29, 0.717) is 17.4 Å². The lowest BCUT2D eigenvalue weighted by molar-refractivity contribution is 0.0923. The van der Waals surface area contributed by atoms with E-state index in [1.54, 1.807) is 13.2 Å². The van der Waals surface area contributed by atoms with Gasteiger partial charge < -0.3 is 15.4 Å². The molecule has 2 N–H and O–H groups in total. The van der Waals surface area contributed by atoms with Gasteiger partial charge in [-0.2, -0.15) is 0 Å². The SMILES string of the molecule is CNC1CCC(NC(=O)c2cc(OC)ccc2Br)CC1. The third kappa shape index (κ3) is 3.73. The third-order valence-corrected chi connectivity index (χ3v) is 4.58. The van der Waals surface area contributed by atoms with E-state index >= 15 is 0 Å². The minimum Gasteiger partial charge on any atom is -0.497 e. The lowest BCUT2D eigenvalue weighted by atomic mass is 9.91. The van der Waals surface area contributed by atoms with Crippen LogP contribution < -0.4 is 15.4 Å². The molecule has 1 fully saturated rings. The van der Waals surface area contributed by atoms with E-state index in [1.165, 1.54) is 0 Å². The Kier molecular flexibility index (Phi) is 5.43. The Morgan fingerprint density at radius 3 is 2.50 bits per heavy atom. The summed E-state index contributed by atoms with van der Waals surface area (Å²) in [7, 11) is 3.60. The number of hydrogen-bond donors (Lipinski definition) is 2. The average Bonchev–Trinajstić information content (AvgIpc) is 2.48. The molecule has 0 spiro atoms. The third-order valence-electron chi connectivity index (χ3n) is 3.89. The van der Waals surface area contributed by atoms with Crippen molar-refractivity contribution in [2.24, 2.45) is 0 Å². The smallest absolute Gasteiger partial charge is 0.252 e. The standard InChI is InChI=1S/C15H21BrN2O2/c1-17-10-3-5-11(6-4-10)18-15(19)13-9-12(20-2)7-8-14(13)16/h7-11,17H,3-6H2,1-2H3,(H,18,19). The molecule has 0 bridgehead atoms. The van der Waals surface area contributed by atoms with Crippen molar-refractivity contribution < 1.29 is 9.53 Å². The van der Waals surface area contributed by atoms with Crippen molar-refractivity contribution in [3.8, 4) is 5.75 Å². The molecule has 1 aliphatic rings. The van der Waals surface area contributed by atoms with Gasteiger partial charge in [-0.25, -0.2) is 0 Å². The van der Waals surface area contributed by atoms with Gasteiger partial charge in [-0.1, -0.05) is 0 Å². The Hall–Kier alpha value is -1.07. The van der Waals surface area contributed by atoms with Gasteiger partial charge in [0.2, 0.25) is 0 Å². The first-order valence-electron chi connectivity index (χ1n) is 6.95. The van der Waals surface area contributed by atoms with Gasteiger partial charge in [0, 0.05) is 16.6 Å². The predicted octanol–water partition coefficient (Wildman–Crippen LogP) is 2.72. The number of amides is 1. The van der Waals surface area contributed by atoms with Crippen molar-refractivity contribution in [1.82, 2.24) is 10.6 Å². The van der Waals surface area contributed by atoms with Crippen LogP contribution in [0.15, 0.2) is 22.7 Å². The minimum absolute atomic E-state index is 0.0383. The molecular formula is C15H21BrN2O2. The van der Waals surface area contributed by atoms with Gasteiger partial charge in [0.15, 0.2) is 0 Å². The Bertz CT molecular complexity index is 471. The highest BCUT2D eigenvalue weighted by Crippen LogP contribution is 2.24. The molecule has 0 aromatic heterocycles. The second-order valence-corrected chi connectivity index (χ2v) is 6.01. The highest BCUT2D eigenvalue weighted by molar-refractivity contribution is 9.10. The molecule has 1 aromatic rings. The average molecular weight is 341 g/mol. The first kappa shape index (κ1) is 15.3. The molecule has 2 rings (SSSR count). The van der Waals surface area contributed by atoms with Gasteiger partial charge in [0.25, 0.3) is 5.91 Å². The molecule has 0 unspecified atom stereocenters. The number of hydrogen-bond acceptors (Lipinski definition) is 3. The van der Waals surface area contributed by atoms with Crippen LogP contribution in [0.2, 0.25) is 0 Å². The van der Waals surface area contributed by atoms with Crippen molar-refractivity contribution >= 4 is 21.8 Å². The monoisotopic (exact) mass is 340 g/mol. The molecule has 0 atom stereocenters. The second-order valence-electron chi connectivity index (χ2n) is 5.16. The van der Waals surface area contributed by atoms with Crippen molar-refractivity contribution in [2.45, 2.75) is 37.8 Å². The predicted molar refractivity (Wildman–Crippen MR) is 83.3 cm³/mol. The maximum Gasteiger partial charge on any atom is 0.252 e. The van der Waals surface area contributed by atoms with Gasteiger partial charge in [0.1, 0.15) is 5.75 Å². The molecule has 20 heavy (non-hydrogen) atoms. The normalized spacial score (nSPS) is 22.4. The molecule has 1 aliphatic carbocycles. The van der Waals surface area contributed by atoms with Crippen LogP contribution in [0.25, 0.3) is 0 Å². The number of methoxy groups -OCH3 is 1. The molecule has 0 radical (unpaired) electrons. The Morgan fingerprint density at radius 2 is 1.90 bits per heavy atom. The highest BCUT2D eigenvalue weighted by atomic mass is 79.9. The summed E-state index contributed by atoms with van der Waals surface area (Å²) < 4.78 is 5.96. The topological polar surface area (TPSA) is 50.4 Å². The Morgan fingerprint density at radius 1 is 1.25 bits per heavy atom. The molecule has 5 heteroatoms. The molecule has 4 nitrogen and oxygen atoms in total. The minimum atomic E-state index is -0.0383. The molecule has 0 heterocycles.